The normalized spacial score (nSPS) is 23.3. The standard InChI is InChI=1S/C11H18BrNO/c1-8(9-2-3-9)11(14)13(7-6-12)10-4-5-10/h8-10H,2-7H2,1H3. The van der Waals surface area contributed by atoms with E-state index < -0.39 is 0 Å². The van der Waals surface area contributed by atoms with E-state index in [0.717, 1.165) is 11.9 Å². The Kier molecular flexibility index (Phi) is 3.15. The summed E-state index contributed by atoms with van der Waals surface area (Å²) in [4.78, 5) is 14.2. The maximum absolute atomic E-state index is 12.1. The summed E-state index contributed by atoms with van der Waals surface area (Å²) in [7, 11) is 0. The molecule has 0 radical (unpaired) electrons. The van der Waals surface area contributed by atoms with Crippen molar-refractivity contribution in [3.05, 3.63) is 0 Å². The second-order valence-corrected chi connectivity index (χ2v) is 5.37. The third-order valence-corrected chi connectivity index (χ3v) is 3.67. The number of hydrogen-bond donors (Lipinski definition) is 0. The fraction of sp³-hybridized carbons (Fsp3) is 0.909. The third kappa shape index (κ3) is 2.30. The highest BCUT2D eigenvalue weighted by atomic mass is 79.9. The van der Waals surface area contributed by atoms with Crippen molar-refractivity contribution in [2.45, 2.75) is 38.6 Å². The zero-order chi connectivity index (χ0) is 10.1. The smallest absolute Gasteiger partial charge is 0.225 e. The largest absolute Gasteiger partial charge is 0.339 e. The van der Waals surface area contributed by atoms with Crippen LogP contribution in [0.25, 0.3) is 0 Å². The fourth-order valence-corrected chi connectivity index (χ4v) is 2.39. The molecule has 3 heteroatoms. The predicted octanol–water partition coefficient (Wildman–Crippen LogP) is 2.42. The van der Waals surface area contributed by atoms with E-state index in [1.54, 1.807) is 0 Å². The summed E-state index contributed by atoms with van der Waals surface area (Å²) in [5.41, 5.74) is 0. The number of hydrogen-bond acceptors (Lipinski definition) is 1. The van der Waals surface area contributed by atoms with Crippen LogP contribution in [0.2, 0.25) is 0 Å². The van der Waals surface area contributed by atoms with E-state index in [1.807, 2.05) is 0 Å². The summed E-state index contributed by atoms with van der Waals surface area (Å²) in [6.07, 6.45) is 4.96. The molecular formula is C11H18BrNO. The van der Waals surface area contributed by atoms with Crippen molar-refractivity contribution in [1.82, 2.24) is 4.90 Å². The fourth-order valence-electron chi connectivity index (χ4n) is 2.01. The van der Waals surface area contributed by atoms with E-state index >= 15 is 0 Å². The Balaban J connectivity index is 1.91. The van der Waals surface area contributed by atoms with Crippen molar-refractivity contribution in [2.75, 3.05) is 11.9 Å². The van der Waals surface area contributed by atoms with E-state index in [9.17, 15) is 4.79 Å². The summed E-state index contributed by atoms with van der Waals surface area (Å²) in [5.74, 6) is 1.36. The molecular weight excluding hydrogens is 242 g/mol. The van der Waals surface area contributed by atoms with Gasteiger partial charge in [-0.05, 0) is 31.6 Å². The second-order valence-electron chi connectivity index (χ2n) is 4.58. The number of alkyl halides is 1. The number of nitrogens with zero attached hydrogens (tertiary/aromatic N) is 1. The van der Waals surface area contributed by atoms with Gasteiger partial charge in [-0.15, -0.1) is 0 Å². The maximum Gasteiger partial charge on any atom is 0.225 e. The van der Waals surface area contributed by atoms with Gasteiger partial charge in [0.05, 0.1) is 0 Å². The lowest BCUT2D eigenvalue weighted by Crippen LogP contribution is -2.38. The molecule has 2 rings (SSSR count). The first-order valence-corrected chi connectivity index (χ1v) is 6.72. The van der Waals surface area contributed by atoms with Crippen LogP contribution in [0.15, 0.2) is 0 Å². The van der Waals surface area contributed by atoms with E-state index in [2.05, 4.69) is 27.8 Å². The highest BCUT2D eigenvalue weighted by Crippen LogP contribution is 2.39. The van der Waals surface area contributed by atoms with E-state index in [0.29, 0.717) is 17.9 Å². The molecule has 0 aromatic rings. The molecule has 2 fully saturated rings. The molecule has 2 saturated carbocycles. The van der Waals surface area contributed by atoms with Gasteiger partial charge in [-0.1, -0.05) is 22.9 Å². The molecule has 2 aliphatic rings. The predicted molar refractivity (Wildman–Crippen MR) is 60.4 cm³/mol. The van der Waals surface area contributed by atoms with Crippen LogP contribution in [0.4, 0.5) is 0 Å². The zero-order valence-electron chi connectivity index (χ0n) is 8.71. The van der Waals surface area contributed by atoms with Crippen molar-refractivity contribution < 1.29 is 4.79 Å². The quantitative estimate of drug-likeness (QED) is 0.695. The second kappa shape index (κ2) is 4.21. The monoisotopic (exact) mass is 259 g/mol. The first-order valence-electron chi connectivity index (χ1n) is 5.60. The van der Waals surface area contributed by atoms with Gasteiger partial charge in [0.2, 0.25) is 5.91 Å². The Morgan fingerprint density at radius 3 is 2.50 bits per heavy atom. The lowest BCUT2D eigenvalue weighted by atomic mass is 10.0. The lowest BCUT2D eigenvalue weighted by Gasteiger charge is -2.24. The van der Waals surface area contributed by atoms with Crippen molar-refractivity contribution in [3.8, 4) is 0 Å². The van der Waals surface area contributed by atoms with Crippen LogP contribution in [-0.2, 0) is 4.79 Å². The molecule has 80 valence electrons. The molecule has 0 bridgehead atoms. The Bertz CT molecular complexity index is 223. The molecule has 2 nitrogen and oxygen atoms in total. The molecule has 14 heavy (non-hydrogen) atoms. The van der Waals surface area contributed by atoms with E-state index in [1.165, 1.54) is 25.7 Å². The van der Waals surface area contributed by atoms with Gasteiger partial charge in [-0.3, -0.25) is 4.79 Å². The first kappa shape index (κ1) is 10.5. The minimum Gasteiger partial charge on any atom is -0.339 e. The summed E-state index contributed by atoms with van der Waals surface area (Å²) in [6.45, 7) is 2.99. The molecule has 1 atom stereocenters. The molecule has 0 spiro atoms. The molecule has 0 heterocycles. The molecule has 0 aromatic heterocycles. The number of halogens is 1. The van der Waals surface area contributed by atoms with Gasteiger partial charge < -0.3 is 4.90 Å². The maximum atomic E-state index is 12.1. The minimum absolute atomic E-state index is 0.273. The van der Waals surface area contributed by atoms with Crippen LogP contribution >= 0.6 is 15.9 Å². The first-order chi connectivity index (χ1) is 6.74. The van der Waals surface area contributed by atoms with Crippen molar-refractivity contribution in [1.29, 1.82) is 0 Å². The van der Waals surface area contributed by atoms with Gasteiger partial charge in [0.25, 0.3) is 0 Å². The van der Waals surface area contributed by atoms with Crippen LogP contribution in [0.1, 0.15) is 32.6 Å². The summed E-state index contributed by atoms with van der Waals surface area (Å²) in [6, 6.07) is 0.571. The summed E-state index contributed by atoms with van der Waals surface area (Å²) in [5, 5.41) is 0.909. The van der Waals surface area contributed by atoms with Crippen LogP contribution < -0.4 is 0 Å². The average Bonchev–Trinajstić information content (AvgIpc) is 3.05. The van der Waals surface area contributed by atoms with Crippen LogP contribution in [0.5, 0.6) is 0 Å². The Morgan fingerprint density at radius 2 is 2.07 bits per heavy atom. The third-order valence-electron chi connectivity index (χ3n) is 3.31. The molecule has 1 amide bonds. The van der Waals surface area contributed by atoms with Gasteiger partial charge in [0, 0.05) is 23.8 Å². The lowest BCUT2D eigenvalue weighted by molar-refractivity contribution is -0.135. The number of carbonyl (C=O) groups is 1. The summed E-state index contributed by atoms with van der Waals surface area (Å²) >= 11 is 3.42. The molecule has 1 unspecified atom stereocenters. The summed E-state index contributed by atoms with van der Waals surface area (Å²) < 4.78 is 0. The minimum atomic E-state index is 0.273. The van der Waals surface area contributed by atoms with Crippen LogP contribution in [0, 0.1) is 11.8 Å². The topological polar surface area (TPSA) is 20.3 Å². The molecule has 0 aromatic carbocycles. The highest BCUT2D eigenvalue weighted by molar-refractivity contribution is 9.09. The number of amides is 1. The van der Waals surface area contributed by atoms with Crippen molar-refractivity contribution in [2.24, 2.45) is 11.8 Å². The molecule has 0 N–H and O–H groups in total. The molecule has 2 aliphatic carbocycles. The number of rotatable bonds is 5. The van der Waals surface area contributed by atoms with Crippen LogP contribution in [0.3, 0.4) is 0 Å². The highest BCUT2D eigenvalue weighted by Gasteiger charge is 2.39. The van der Waals surface area contributed by atoms with Gasteiger partial charge >= 0.3 is 0 Å². The van der Waals surface area contributed by atoms with E-state index in [-0.39, 0.29) is 5.92 Å². The van der Waals surface area contributed by atoms with Gasteiger partial charge in [-0.2, -0.15) is 0 Å². The van der Waals surface area contributed by atoms with E-state index in [4.69, 9.17) is 0 Å². The Hall–Kier alpha value is -0.0500. The molecule has 0 saturated heterocycles. The Morgan fingerprint density at radius 1 is 1.43 bits per heavy atom. The SMILES string of the molecule is CC(C(=O)N(CCBr)C1CC1)C1CC1. The van der Waals surface area contributed by atoms with Crippen molar-refractivity contribution >= 4 is 21.8 Å². The van der Waals surface area contributed by atoms with Crippen LogP contribution in [-0.4, -0.2) is 28.7 Å². The van der Waals surface area contributed by atoms with Gasteiger partial charge in [0.15, 0.2) is 0 Å². The zero-order valence-corrected chi connectivity index (χ0v) is 10.3. The van der Waals surface area contributed by atoms with Gasteiger partial charge in [0.1, 0.15) is 0 Å². The average molecular weight is 260 g/mol. The molecule has 0 aliphatic heterocycles. The number of carbonyl (C=O) groups excluding carboxylic acids is 1. The van der Waals surface area contributed by atoms with Gasteiger partial charge in [-0.25, -0.2) is 0 Å². The van der Waals surface area contributed by atoms with Crippen molar-refractivity contribution in [3.63, 3.8) is 0 Å². The Labute approximate surface area is 94.2 Å².